The summed E-state index contributed by atoms with van der Waals surface area (Å²) < 4.78 is 0. The Kier molecular flexibility index (Phi) is 27.1. The Hall–Kier alpha value is -1.70. The first-order valence-corrected chi connectivity index (χ1v) is 12.2. The van der Waals surface area contributed by atoms with Crippen LogP contribution in [0.25, 0.3) is 0 Å². The Morgan fingerprint density at radius 2 is 1.00 bits per heavy atom. The summed E-state index contributed by atoms with van der Waals surface area (Å²) in [4.78, 5) is 20.1. The van der Waals surface area contributed by atoms with Gasteiger partial charge in [0, 0.05) is 16.6 Å². The summed E-state index contributed by atoms with van der Waals surface area (Å²) >= 11 is 0. The van der Waals surface area contributed by atoms with E-state index in [0.29, 0.717) is 18.4 Å². The fraction of sp³-hybridized carbons (Fsp3) is 0.769. The predicted molar refractivity (Wildman–Crippen MR) is 134 cm³/mol. The lowest BCUT2D eigenvalue weighted by Crippen LogP contribution is -2.32. The standard InChI is InChI=1S/C16H30O2.C6H14O3.C4H6O2/c1-3-4-5-6-7-8-9-10-11-12-13-14-15(2)16(17)18;1-2-6(3-7,4-8)5-9;1-3(2)4(5)6/h2-14H2,1H3,(H,17,18);7-9H,2-5H2,1H3;1H2,2H3,(H,5,6). The molecule has 0 fully saturated rings. The summed E-state index contributed by atoms with van der Waals surface area (Å²) in [7, 11) is 0. The maximum Gasteiger partial charge on any atom is 0.330 e. The van der Waals surface area contributed by atoms with Crippen molar-refractivity contribution in [3.8, 4) is 0 Å². The van der Waals surface area contributed by atoms with Crippen molar-refractivity contribution in [1.82, 2.24) is 0 Å². The molecule has 0 radical (unpaired) electrons. The maximum atomic E-state index is 10.5. The van der Waals surface area contributed by atoms with Crippen LogP contribution in [0.15, 0.2) is 24.3 Å². The van der Waals surface area contributed by atoms with E-state index in [2.05, 4.69) is 20.1 Å². The van der Waals surface area contributed by atoms with Gasteiger partial charge < -0.3 is 25.5 Å². The van der Waals surface area contributed by atoms with Crippen LogP contribution in [0.3, 0.4) is 0 Å². The summed E-state index contributed by atoms with van der Waals surface area (Å²) in [6.45, 7) is 11.7. The molecule has 0 saturated heterocycles. The summed E-state index contributed by atoms with van der Waals surface area (Å²) in [5, 5.41) is 42.5. The third-order valence-corrected chi connectivity index (χ3v) is 5.51. The molecule has 0 aliphatic rings. The van der Waals surface area contributed by atoms with Crippen molar-refractivity contribution in [3.63, 3.8) is 0 Å². The van der Waals surface area contributed by atoms with Crippen LogP contribution in [0.4, 0.5) is 0 Å². The van der Waals surface area contributed by atoms with Crippen molar-refractivity contribution in [2.45, 2.75) is 104 Å². The molecule has 0 heterocycles. The van der Waals surface area contributed by atoms with E-state index < -0.39 is 17.4 Å². The second-order valence-electron chi connectivity index (χ2n) is 8.61. The molecule has 0 saturated carbocycles. The van der Waals surface area contributed by atoms with E-state index in [4.69, 9.17) is 25.5 Å². The molecular weight excluding hydrogens is 424 g/mol. The summed E-state index contributed by atoms with van der Waals surface area (Å²) in [5.74, 6) is -1.78. The zero-order valence-corrected chi connectivity index (χ0v) is 21.3. The lowest BCUT2D eigenvalue weighted by molar-refractivity contribution is -0.133. The Bertz CT molecular complexity index is 481. The van der Waals surface area contributed by atoms with Crippen LogP contribution in [-0.2, 0) is 9.59 Å². The topological polar surface area (TPSA) is 135 Å². The highest BCUT2D eigenvalue weighted by Crippen LogP contribution is 2.18. The Labute approximate surface area is 201 Å². The zero-order chi connectivity index (χ0) is 26.1. The average molecular weight is 475 g/mol. The molecule has 0 spiro atoms. The minimum absolute atomic E-state index is 0.156. The minimum atomic E-state index is -0.935. The van der Waals surface area contributed by atoms with Gasteiger partial charge in [0.25, 0.3) is 0 Å². The number of hydrogen-bond donors (Lipinski definition) is 5. The number of carboxylic acids is 2. The molecule has 0 aromatic rings. The number of hydrogen-bond acceptors (Lipinski definition) is 5. The van der Waals surface area contributed by atoms with Crippen LogP contribution in [-0.4, -0.2) is 57.3 Å². The van der Waals surface area contributed by atoms with Gasteiger partial charge >= 0.3 is 11.9 Å². The van der Waals surface area contributed by atoms with E-state index in [1.807, 2.05) is 6.92 Å². The highest BCUT2D eigenvalue weighted by atomic mass is 16.4. The Morgan fingerprint density at radius 3 is 1.21 bits per heavy atom. The zero-order valence-electron chi connectivity index (χ0n) is 21.3. The van der Waals surface area contributed by atoms with Crippen LogP contribution < -0.4 is 0 Å². The number of aliphatic carboxylic acids is 2. The van der Waals surface area contributed by atoms with Crippen LogP contribution in [0.1, 0.15) is 104 Å². The first-order valence-electron chi connectivity index (χ1n) is 12.2. The summed E-state index contributed by atoms with van der Waals surface area (Å²) in [5.41, 5.74) is -0.138. The lowest BCUT2D eigenvalue weighted by Gasteiger charge is -2.24. The lowest BCUT2D eigenvalue weighted by atomic mass is 9.88. The monoisotopic (exact) mass is 474 g/mol. The van der Waals surface area contributed by atoms with Gasteiger partial charge in [-0.25, -0.2) is 9.59 Å². The van der Waals surface area contributed by atoms with E-state index in [1.165, 1.54) is 64.7 Å². The largest absolute Gasteiger partial charge is 0.478 e. The summed E-state index contributed by atoms with van der Waals surface area (Å²) in [6, 6.07) is 0. The fourth-order valence-electron chi connectivity index (χ4n) is 2.59. The minimum Gasteiger partial charge on any atom is -0.478 e. The molecule has 7 heteroatoms. The molecule has 0 amide bonds. The molecule has 196 valence electrons. The SMILES string of the molecule is C=C(C)C(=O)O.C=C(CCCCCCCCCCCCC)C(=O)O.CCC(CO)(CO)CO. The fourth-order valence-corrected chi connectivity index (χ4v) is 2.59. The molecule has 0 atom stereocenters. The van der Waals surface area contributed by atoms with Crippen LogP contribution in [0.5, 0.6) is 0 Å². The van der Waals surface area contributed by atoms with Crippen LogP contribution >= 0.6 is 0 Å². The third-order valence-electron chi connectivity index (χ3n) is 5.51. The van der Waals surface area contributed by atoms with Crippen molar-refractivity contribution in [2.24, 2.45) is 5.41 Å². The molecule has 5 N–H and O–H groups in total. The quantitative estimate of drug-likeness (QED) is 0.134. The van der Waals surface area contributed by atoms with Crippen molar-refractivity contribution in [1.29, 1.82) is 0 Å². The number of rotatable bonds is 18. The molecule has 0 rings (SSSR count). The van der Waals surface area contributed by atoms with Crippen molar-refractivity contribution >= 4 is 11.9 Å². The van der Waals surface area contributed by atoms with Gasteiger partial charge in [-0.05, 0) is 26.2 Å². The first kappa shape index (κ1) is 35.9. The van der Waals surface area contributed by atoms with E-state index in [-0.39, 0.29) is 25.4 Å². The normalized spacial score (nSPS) is 10.4. The maximum absolute atomic E-state index is 10.5. The van der Waals surface area contributed by atoms with Gasteiger partial charge in [-0.1, -0.05) is 91.2 Å². The van der Waals surface area contributed by atoms with Gasteiger partial charge in [0.1, 0.15) is 0 Å². The first-order chi connectivity index (χ1) is 15.6. The van der Waals surface area contributed by atoms with Gasteiger partial charge in [-0.15, -0.1) is 0 Å². The van der Waals surface area contributed by atoms with Gasteiger partial charge in [0.2, 0.25) is 0 Å². The number of unbranched alkanes of at least 4 members (excludes halogenated alkanes) is 10. The van der Waals surface area contributed by atoms with Gasteiger partial charge in [0.15, 0.2) is 0 Å². The van der Waals surface area contributed by atoms with E-state index >= 15 is 0 Å². The Balaban J connectivity index is -0.000000496. The molecule has 0 aromatic carbocycles. The third kappa shape index (κ3) is 24.8. The molecule has 0 aliphatic heterocycles. The van der Waals surface area contributed by atoms with Crippen molar-refractivity contribution in [3.05, 3.63) is 24.3 Å². The predicted octanol–water partition coefficient (Wildman–Crippen LogP) is 5.34. The van der Waals surface area contributed by atoms with Gasteiger partial charge in [-0.2, -0.15) is 0 Å². The number of aliphatic hydroxyl groups is 3. The highest BCUT2D eigenvalue weighted by Gasteiger charge is 2.24. The van der Waals surface area contributed by atoms with Gasteiger partial charge in [0.05, 0.1) is 19.8 Å². The number of carboxylic acid groups (broad SMARTS) is 2. The number of aliphatic hydroxyl groups excluding tert-OH is 3. The van der Waals surface area contributed by atoms with Crippen molar-refractivity contribution < 1.29 is 35.1 Å². The molecule has 0 bridgehead atoms. The second kappa shape index (κ2) is 24.9. The van der Waals surface area contributed by atoms with E-state index in [0.717, 1.165) is 12.8 Å². The average Bonchev–Trinajstić information content (AvgIpc) is 2.80. The molecule has 33 heavy (non-hydrogen) atoms. The van der Waals surface area contributed by atoms with E-state index in [1.54, 1.807) is 0 Å². The molecule has 0 unspecified atom stereocenters. The van der Waals surface area contributed by atoms with Crippen LogP contribution in [0, 0.1) is 5.41 Å². The molecular formula is C26H50O7. The molecule has 7 nitrogen and oxygen atoms in total. The highest BCUT2D eigenvalue weighted by molar-refractivity contribution is 5.85. The van der Waals surface area contributed by atoms with Crippen molar-refractivity contribution in [2.75, 3.05) is 19.8 Å². The van der Waals surface area contributed by atoms with E-state index in [9.17, 15) is 9.59 Å². The second-order valence-corrected chi connectivity index (χ2v) is 8.61. The smallest absolute Gasteiger partial charge is 0.330 e. The van der Waals surface area contributed by atoms with Gasteiger partial charge in [-0.3, -0.25) is 0 Å². The molecule has 0 aliphatic carbocycles. The number of carbonyl (C=O) groups is 2. The van der Waals surface area contributed by atoms with Crippen LogP contribution in [0.2, 0.25) is 0 Å². The molecule has 0 aromatic heterocycles. The summed E-state index contributed by atoms with van der Waals surface area (Å²) in [6.07, 6.45) is 15.5. The Morgan fingerprint density at radius 1 is 0.667 bits per heavy atom.